The summed E-state index contributed by atoms with van der Waals surface area (Å²) in [5.41, 5.74) is 0.252. The Morgan fingerprint density at radius 1 is 1.23 bits per heavy atom. The van der Waals surface area contributed by atoms with Crippen LogP contribution in [0, 0.1) is 0 Å². The molecule has 0 atom stereocenters. The van der Waals surface area contributed by atoms with Gasteiger partial charge in [-0.05, 0) is 25.1 Å². The molecule has 1 aliphatic heterocycles. The van der Waals surface area contributed by atoms with Crippen molar-refractivity contribution >= 4 is 5.91 Å². The molecule has 146 valence electrons. The van der Waals surface area contributed by atoms with Gasteiger partial charge in [-0.3, -0.25) is 4.79 Å². The Morgan fingerprint density at radius 3 is 2.38 bits per heavy atom. The number of piperazine rings is 1. The SMILES string of the molecule is COc1cc(C(=O)NCCCN2CCNCC2)cc(OC)c1OC(F)F. The maximum absolute atomic E-state index is 12.6. The quantitative estimate of drug-likeness (QED) is 0.637. The first-order chi connectivity index (χ1) is 12.5. The number of hydrogen-bond acceptors (Lipinski definition) is 6. The molecule has 1 aliphatic rings. The van der Waals surface area contributed by atoms with Crippen LogP contribution in [0.1, 0.15) is 16.8 Å². The smallest absolute Gasteiger partial charge is 0.387 e. The van der Waals surface area contributed by atoms with Crippen LogP contribution in [0.3, 0.4) is 0 Å². The van der Waals surface area contributed by atoms with Crippen molar-refractivity contribution < 1.29 is 27.8 Å². The van der Waals surface area contributed by atoms with E-state index in [1.54, 1.807) is 0 Å². The fourth-order valence-corrected chi connectivity index (χ4v) is 2.76. The number of nitrogens with one attached hydrogen (secondary N) is 2. The van der Waals surface area contributed by atoms with Crippen LogP contribution < -0.4 is 24.8 Å². The summed E-state index contributed by atoms with van der Waals surface area (Å²) in [6.45, 7) is 2.39. The number of rotatable bonds is 9. The van der Waals surface area contributed by atoms with Gasteiger partial charge in [0.05, 0.1) is 14.2 Å². The molecule has 0 bridgehead atoms. The molecule has 1 heterocycles. The second-order valence-electron chi connectivity index (χ2n) is 5.79. The summed E-state index contributed by atoms with van der Waals surface area (Å²) in [5, 5.41) is 6.11. The Balaban J connectivity index is 1.94. The molecule has 2 N–H and O–H groups in total. The van der Waals surface area contributed by atoms with Gasteiger partial charge < -0.3 is 29.7 Å². The van der Waals surface area contributed by atoms with Crippen LogP contribution in [0.4, 0.5) is 8.78 Å². The first kappa shape index (κ1) is 20.2. The molecule has 2 rings (SSSR count). The van der Waals surface area contributed by atoms with Gasteiger partial charge in [-0.15, -0.1) is 0 Å². The molecule has 0 saturated carbocycles. The average molecular weight is 373 g/mol. The number of ether oxygens (including phenoxy) is 3. The standard InChI is InChI=1S/C17H25F2N3O4/c1-24-13-10-12(11-14(25-2)15(13)26-17(18)19)16(23)21-4-3-7-22-8-5-20-6-9-22/h10-11,17,20H,3-9H2,1-2H3,(H,21,23). The van der Waals surface area contributed by atoms with Crippen molar-refractivity contribution in [3.63, 3.8) is 0 Å². The second-order valence-corrected chi connectivity index (χ2v) is 5.79. The molecule has 7 nitrogen and oxygen atoms in total. The zero-order valence-electron chi connectivity index (χ0n) is 15.0. The lowest BCUT2D eigenvalue weighted by atomic mass is 10.1. The van der Waals surface area contributed by atoms with Crippen molar-refractivity contribution in [2.24, 2.45) is 0 Å². The molecule has 0 radical (unpaired) electrons. The Bertz CT molecular complexity index is 570. The summed E-state index contributed by atoms with van der Waals surface area (Å²) in [6, 6.07) is 2.71. The predicted octanol–water partition coefficient (Wildman–Crippen LogP) is 1.33. The molecule has 26 heavy (non-hydrogen) atoms. The van der Waals surface area contributed by atoms with Crippen LogP contribution in [0.25, 0.3) is 0 Å². The Kier molecular flexibility index (Phi) is 7.86. The minimum atomic E-state index is -3.03. The monoisotopic (exact) mass is 373 g/mol. The number of alkyl halides is 2. The fourth-order valence-electron chi connectivity index (χ4n) is 2.76. The fraction of sp³-hybridized carbons (Fsp3) is 0.588. The van der Waals surface area contributed by atoms with Crippen LogP contribution in [0.15, 0.2) is 12.1 Å². The Labute approximate surface area is 151 Å². The summed E-state index contributed by atoms with van der Waals surface area (Å²) in [4.78, 5) is 14.7. The van der Waals surface area contributed by atoms with Crippen LogP contribution in [-0.2, 0) is 0 Å². The van der Waals surface area contributed by atoms with Crippen molar-refractivity contribution in [2.45, 2.75) is 13.0 Å². The first-order valence-electron chi connectivity index (χ1n) is 8.47. The third kappa shape index (κ3) is 5.70. The first-order valence-corrected chi connectivity index (χ1v) is 8.47. The van der Waals surface area contributed by atoms with E-state index in [2.05, 4.69) is 20.3 Å². The molecule has 1 saturated heterocycles. The van der Waals surface area contributed by atoms with E-state index in [1.165, 1.54) is 26.4 Å². The summed E-state index contributed by atoms with van der Waals surface area (Å²) in [6.07, 6.45) is 0.826. The Hall–Kier alpha value is -2.13. The molecule has 9 heteroatoms. The lowest BCUT2D eigenvalue weighted by molar-refractivity contribution is -0.0526. The zero-order chi connectivity index (χ0) is 18.9. The second kappa shape index (κ2) is 10.1. The van der Waals surface area contributed by atoms with Gasteiger partial charge in [0.15, 0.2) is 11.5 Å². The summed E-state index contributed by atoms with van der Waals surface area (Å²) in [7, 11) is 2.62. The molecule has 0 unspecified atom stereocenters. The molecule has 0 aromatic heterocycles. The van der Waals surface area contributed by atoms with E-state index in [1.807, 2.05) is 0 Å². The summed E-state index contributed by atoms with van der Waals surface area (Å²) >= 11 is 0. The molecule has 1 fully saturated rings. The lowest BCUT2D eigenvalue weighted by Crippen LogP contribution is -2.44. The van der Waals surface area contributed by atoms with E-state index in [-0.39, 0.29) is 28.7 Å². The maximum atomic E-state index is 12.6. The number of halogens is 2. The van der Waals surface area contributed by atoms with Gasteiger partial charge in [-0.1, -0.05) is 0 Å². The van der Waals surface area contributed by atoms with Gasteiger partial charge in [0.25, 0.3) is 5.91 Å². The van der Waals surface area contributed by atoms with Gasteiger partial charge in [-0.2, -0.15) is 8.78 Å². The number of carbonyl (C=O) groups is 1. The van der Waals surface area contributed by atoms with Crippen LogP contribution in [-0.4, -0.2) is 70.9 Å². The van der Waals surface area contributed by atoms with E-state index >= 15 is 0 Å². The van der Waals surface area contributed by atoms with Crippen LogP contribution >= 0.6 is 0 Å². The zero-order valence-corrected chi connectivity index (χ0v) is 15.0. The molecule has 0 spiro atoms. The Morgan fingerprint density at radius 2 is 1.85 bits per heavy atom. The minimum Gasteiger partial charge on any atom is -0.493 e. The third-order valence-electron chi connectivity index (χ3n) is 4.08. The molecule has 0 aliphatic carbocycles. The number of hydrogen-bond donors (Lipinski definition) is 2. The topological polar surface area (TPSA) is 72.1 Å². The van der Waals surface area contributed by atoms with E-state index in [4.69, 9.17) is 9.47 Å². The van der Waals surface area contributed by atoms with Crippen LogP contribution in [0.2, 0.25) is 0 Å². The van der Waals surface area contributed by atoms with Gasteiger partial charge in [0, 0.05) is 38.3 Å². The highest BCUT2D eigenvalue weighted by molar-refractivity contribution is 5.95. The third-order valence-corrected chi connectivity index (χ3v) is 4.08. The van der Waals surface area contributed by atoms with E-state index < -0.39 is 6.61 Å². The van der Waals surface area contributed by atoms with Crippen molar-refractivity contribution in [1.29, 1.82) is 0 Å². The molecule has 1 aromatic carbocycles. The summed E-state index contributed by atoms with van der Waals surface area (Å²) in [5.74, 6) is -0.544. The normalized spacial score (nSPS) is 15.0. The number of benzene rings is 1. The van der Waals surface area contributed by atoms with Gasteiger partial charge in [0.2, 0.25) is 5.75 Å². The van der Waals surface area contributed by atoms with Crippen molar-refractivity contribution in [1.82, 2.24) is 15.5 Å². The molecule has 1 amide bonds. The van der Waals surface area contributed by atoms with Gasteiger partial charge >= 0.3 is 6.61 Å². The minimum absolute atomic E-state index is 0.00983. The maximum Gasteiger partial charge on any atom is 0.387 e. The lowest BCUT2D eigenvalue weighted by Gasteiger charge is -2.27. The molecular formula is C17H25F2N3O4. The molecular weight excluding hydrogens is 348 g/mol. The highest BCUT2D eigenvalue weighted by Crippen LogP contribution is 2.39. The van der Waals surface area contributed by atoms with E-state index in [0.29, 0.717) is 6.54 Å². The largest absolute Gasteiger partial charge is 0.493 e. The highest BCUT2D eigenvalue weighted by Gasteiger charge is 2.20. The van der Waals surface area contributed by atoms with Crippen molar-refractivity contribution in [3.05, 3.63) is 17.7 Å². The van der Waals surface area contributed by atoms with Crippen molar-refractivity contribution in [3.8, 4) is 17.2 Å². The number of methoxy groups -OCH3 is 2. The number of carbonyl (C=O) groups excluding carboxylic acids is 1. The van der Waals surface area contributed by atoms with E-state index in [9.17, 15) is 13.6 Å². The summed E-state index contributed by atoms with van der Waals surface area (Å²) < 4.78 is 39.6. The van der Waals surface area contributed by atoms with Crippen molar-refractivity contribution in [2.75, 3.05) is 53.5 Å². The van der Waals surface area contributed by atoms with Gasteiger partial charge in [0.1, 0.15) is 0 Å². The van der Waals surface area contributed by atoms with Gasteiger partial charge in [-0.25, -0.2) is 0 Å². The predicted molar refractivity (Wildman–Crippen MR) is 92.4 cm³/mol. The number of nitrogens with zero attached hydrogens (tertiary/aromatic N) is 1. The number of amides is 1. The highest BCUT2D eigenvalue weighted by atomic mass is 19.3. The molecule has 1 aromatic rings. The van der Waals surface area contributed by atoms with Crippen LogP contribution in [0.5, 0.6) is 17.2 Å². The van der Waals surface area contributed by atoms with E-state index in [0.717, 1.165) is 39.1 Å². The average Bonchev–Trinajstić information content (AvgIpc) is 2.65.